The number of benzene rings is 1. The first kappa shape index (κ1) is 11.7. The molecule has 0 aliphatic carbocycles. The largest absolute Gasteiger partial charge is 0.477 e. The van der Waals surface area contributed by atoms with E-state index in [9.17, 15) is 4.79 Å². The molecular weight excluding hydrogens is 228 g/mol. The van der Waals surface area contributed by atoms with Gasteiger partial charge in [-0.05, 0) is 30.3 Å². The summed E-state index contributed by atoms with van der Waals surface area (Å²) in [6.07, 6.45) is 6.75. The van der Waals surface area contributed by atoms with E-state index in [0.29, 0.717) is 5.69 Å². The Morgan fingerprint density at radius 3 is 2.78 bits per heavy atom. The highest BCUT2D eigenvalue weighted by Gasteiger charge is 2.05. The van der Waals surface area contributed by atoms with Crippen LogP contribution in [0.3, 0.4) is 0 Å². The molecule has 0 radical (unpaired) electrons. The van der Waals surface area contributed by atoms with Crippen LogP contribution in [0.4, 0.5) is 11.4 Å². The Kier molecular flexibility index (Phi) is 3.26. The van der Waals surface area contributed by atoms with Crippen molar-refractivity contribution in [1.82, 2.24) is 4.98 Å². The van der Waals surface area contributed by atoms with Gasteiger partial charge in [-0.2, -0.15) is 0 Å². The fraction of sp³-hybridized carbons (Fsp3) is 0. The summed E-state index contributed by atoms with van der Waals surface area (Å²) in [6.45, 7) is 0. The zero-order valence-electron chi connectivity index (χ0n) is 9.42. The van der Waals surface area contributed by atoms with Crippen molar-refractivity contribution in [3.63, 3.8) is 0 Å². The summed E-state index contributed by atoms with van der Waals surface area (Å²) in [5, 5.41) is 11.9. The SMILES string of the molecule is C#Cc1cccc(Nc2ccnc(C(=O)O)c2)c1. The van der Waals surface area contributed by atoms with Gasteiger partial charge in [0.2, 0.25) is 0 Å². The second kappa shape index (κ2) is 5.02. The van der Waals surface area contributed by atoms with Crippen LogP contribution < -0.4 is 5.32 Å². The van der Waals surface area contributed by atoms with Crippen LogP contribution in [0.25, 0.3) is 0 Å². The van der Waals surface area contributed by atoms with Gasteiger partial charge in [0.05, 0.1) is 0 Å². The summed E-state index contributed by atoms with van der Waals surface area (Å²) in [4.78, 5) is 14.5. The average Bonchev–Trinajstić information content (AvgIpc) is 2.39. The van der Waals surface area contributed by atoms with E-state index < -0.39 is 5.97 Å². The summed E-state index contributed by atoms with van der Waals surface area (Å²) < 4.78 is 0. The molecule has 2 rings (SSSR count). The Bertz CT molecular complexity index is 630. The van der Waals surface area contributed by atoms with E-state index in [0.717, 1.165) is 11.3 Å². The topological polar surface area (TPSA) is 62.2 Å². The number of pyridine rings is 1. The van der Waals surface area contributed by atoms with Crippen LogP contribution in [0.2, 0.25) is 0 Å². The lowest BCUT2D eigenvalue weighted by Crippen LogP contribution is -2.01. The molecule has 0 saturated carbocycles. The molecule has 1 heterocycles. The minimum absolute atomic E-state index is 0.00638. The minimum Gasteiger partial charge on any atom is -0.477 e. The van der Waals surface area contributed by atoms with Gasteiger partial charge in [-0.15, -0.1) is 6.42 Å². The van der Waals surface area contributed by atoms with E-state index in [1.807, 2.05) is 18.2 Å². The second-order valence-electron chi connectivity index (χ2n) is 3.59. The first-order valence-electron chi connectivity index (χ1n) is 5.22. The van der Waals surface area contributed by atoms with Crippen molar-refractivity contribution in [2.24, 2.45) is 0 Å². The summed E-state index contributed by atoms with van der Waals surface area (Å²) >= 11 is 0. The van der Waals surface area contributed by atoms with E-state index in [2.05, 4.69) is 16.2 Å². The number of aromatic nitrogens is 1. The molecule has 0 bridgehead atoms. The number of anilines is 2. The lowest BCUT2D eigenvalue weighted by atomic mass is 10.2. The van der Waals surface area contributed by atoms with Crippen LogP contribution in [0.15, 0.2) is 42.6 Å². The van der Waals surface area contributed by atoms with Gasteiger partial charge in [-0.25, -0.2) is 9.78 Å². The van der Waals surface area contributed by atoms with Crippen molar-refractivity contribution in [3.05, 3.63) is 53.9 Å². The molecule has 88 valence electrons. The van der Waals surface area contributed by atoms with E-state index in [4.69, 9.17) is 11.5 Å². The summed E-state index contributed by atoms with van der Waals surface area (Å²) in [5.41, 5.74) is 2.20. The van der Waals surface area contributed by atoms with Gasteiger partial charge in [0.15, 0.2) is 0 Å². The third-order valence-corrected chi connectivity index (χ3v) is 2.30. The number of carboxylic acids is 1. The quantitative estimate of drug-likeness (QED) is 0.806. The Labute approximate surface area is 104 Å². The molecule has 1 aromatic carbocycles. The first-order chi connectivity index (χ1) is 8.69. The number of carboxylic acid groups (broad SMARTS) is 1. The summed E-state index contributed by atoms with van der Waals surface area (Å²) in [7, 11) is 0. The molecule has 0 atom stereocenters. The fourth-order valence-corrected chi connectivity index (χ4v) is 1.48. The maximum atomic E-state index is 10.8. The zero-order valence-corrected chi connectivity index (χ0v) is 9.42. The van der Waals surface area contributed by atoms with Crippen molar-refractivity contribution < 1.29 is 9.90 Å². The number of hydrogen-bond acceptors (Lipinski definition) is 3. The molecule has 0 aliphatic heterocycles. The Morgan fingerprint density at radius 2 is 2.06 bits per heavy atom. The number of terminal acetylenes is 1. The molecule has 0 amide bonds. The molecule has 1 aromatic heterocycles. The van der Waals surface area contributed by atoms with Gasteiger partial charge in [0.25, 0.3) is 0 Å². The number of carbonyl (C=O) groups is 1. The van der Waals surface area contributed by atoms with Crippen molar-refractivity contribution in [2.45, 2.75) is 0 Å². The molecular formula is C14H10N2O2. The van der Waals surface area contributed by atoms with Gasteiger partial charge < -0.3 is 10.4 Å². The fourth-order valence-electron chi connectivity index (χ4n) is 1.48. The molecule has 2 N–H and O–H groups in total. The number of hydrogen-bond donors (Lipinski definition) is 2. The molecule has 0 saturated heterocycles. The van der Waals surface area contributed by atoms with Gasteiger partial charge >= 0.3 is 5.97 Å². The lowest BCUT2D eigenvalue weighted by molar-refractivity contribution is 0.0690. The predicted molar refractivity (Wildman–Crippen MR) is 68.9 cm³/mol. The molecule has 4 nitrogen and oxygen atoms in total. The lowest BCUT2D eigenvalue weighted by Gasteiger charge is -2.07. The predicted octanol–water partition coefficient (Wildman–Crippen LogP) is 2.50. The van der Waals surface area contributed by atoms with E-state index in [1.165, 1.54) is 12.3 Å². The van der Waals surface area contributed by atoms with E-state index in [-0.39, 0.29) is 5.69 Å². The molecule has 0 unspecified atom stereocenters. The molecule has 0 fully saturated rings. The summed E-state index contributed by atoms with van der Waals surface area (Å²) in [6, 6.07) is 10.5. The third kappa shape index (κ3) is 2.66. The molecule has 0 spiro atoms. The molecule has 18 heavy (non-hydrogen) atoms. The number of aromatic carboxylic acids is 1. The molecule has 4 heteroatoms. The van der Waals surface area contributed by atoms with Crippen molar-refractivity contribution in [3.8, 4) is 12.3 Å². The van der Waals surface area contributed by atoms with E-state index in [1.54, 1.807) is 12.1 Å². The smallest absolute Gasteiger partial charge is 0.354 e. The highest BCUT2D eigenvalue weighted by molar-refractivity contribution is 5.86. The normalized spacial score (nSPS) is 9.50. The van der Waals surface area contributed by atoms with Crippen LogP contribution in [0.1, 0.15) is 16.1 Å². The highest BCUT2D eigenvalue weighted by atomic mass is 16.4. The van der Waals surface area contributed by atoms with Crippen LogP contribution in [0.5, 0.6) is 0 Å². The number of nitrogens with zero attached hydrogens (tertiary/aromatic N) is 1. The zero-order chi connectivity index (χ0) is 13.0. The van der Waals surface area contributed by atoms with Crippen molar-refractivity contribution in [2.75, 3.05) is 5.32 Å². The Balaban J connectivity index is 2.26. The van der Waals surface area contributed by atoms with Crippen LogP contribution >= 0.6 is 0 Å². The molecule has 2 aromatic rings. The summed E-state index contributed by atoms with van der Waals surface area (Å²) in [5.74, 6) is 1.48. The standard InChI is InChI=1S/C14H10N2O2/c1-2-10-4-3-5-11(8-10)16-12-6-7-15-13(9-12)14(17)18/h1,3-9H,(H,15,16)(H,17,18). The molecule has 0 aliphatic rings. The van der Waals surface area contributed by atoms with Crippen LogP contribution in [0, 0.1) is 12.3 Å². The monoisotopic (exact) mass is 238 g/mol. The van der Waals surface area contributed by atoms with Gasteiger partial charge in [0.1, 0.15) is 5.69 Å². The first-order valence-corrected chi connectivity index (χ1v) is 5.22. The van der Waals surface area contributed by atoms with Gasteiger partial charge in [0, 0.05) is 23.1 Å². The Hall–Kier alpha value is -2.80. The minimum atomic E-state index is -1.06. The maximum absolute atomic E-state index is 10.8. The van der Waals surface area contributed by atoms with Crippen LogP contribution in [-0.4, -0.2) is 16.1 Å². The van der Waals surface area contributed by atoms with Crippen LogP contribution in [-0.2, 0) is 0 Å². The van der Waals surface area contributed by atoms with Crippen molar-refractivity contribution >= 4 is 17.3 Å². The van der Waals surface area contributed by atoms with Crippen molar-refractivity contribution in [1.29, 1.82) is 0 Å². The second-order valence-corrected chi connectivity index (χ2v) is 3.59. The van der Waals surface area contributed by atoms with Gasteiger partial charge in [-0.1, -0.05) is 12.0 Å². The van der Waals surface area contributed by atoms with Gasteiger partial charge in [-0.3, -0.25) is 0 Å². The number of rotatable bonds is 3. The third-order valence-electron chi connectivity index (χ3n) is 2.30. The highest BCUT2D eigenvalue weighted by Crippen LogP contribution is 2.17. The Morgan fingerprint density at radius 1 is 1.28 bits per heavy atom. The number of nitrogens with one attached hydrogen (secondary N) is 1. The maximum Gasteiger partial charge on any atom is 0.354 e. The van der Waals surface area contributed by atoms with E-state index >= 15 is 0 Å². The average molecular weight is 238 g/mol.